The first-order chi connectivity index (χ1) is 10.7. The van der Waals surface area contributed by atoms with Crippen LogP contribution in [0.4, 0.5) is 0 Å². The molecule has 1 aromatic heterocycles. The molecule has 1 aromatic rings. The number of hydrogen-bond donors (Lipinski definition) is 1. The Morgan fingerprint density at radius 1 is 1.27 bits per heavy atom. The van der Waals surface area contributed by atoms with Gasteiger partial charge in [-0.1, -0.05) is 0 Å². The van der Waals surface area contributed by atoms with Crippen molar-refractivity contribution in [2.24, 2.45) is 0 Å². The van der Waals surface area contributed by atoms with Gasteiger partial charge in [-0.3, -0.25) is 14.7 Å². The SMILES string of the molecule is CN(C(=O)c1cnccn1)[C@@H]1CCC[C@@H](N2CCCC2)[C@@H]1O. The molecular weight excluding hydrogens is 280 g/mol. The van der Waals surface area contributed by atoms with E-state index in [-0.39, 0.29) is 18.0 Å². The number of amides is 1. The maximum atomic E-state index is 12.5. The molecule has 0 bridgehead atoms. The van der Waals surface area contributed by atoms with Gasteiger partial charge in [0.1, 0.15) is 5.69 Å². The molecule has 6 nitrogen and oxygen atoms in total. The number of aliphatic hydroxyl groups is 1. The minimum atomic E-state index is -0.488. The number of likely N-dealkylation sites (N-methyl/N-ethyl adjacent to an activating group) is 1. The summed E-state index contributed by atoms with van der Waals surface area (Å²) >= 11 is 0. The molecule has 1 saturated heterocycles. The van der Waals surface area contributed by atoms with E-state index in [1.54, 1.807) is 18.1 Å². The highest BCUT2D eigenvalue weighted by molar-refractivity contribution is 5.92. The lowest BCUT2D eigenvalue weighted by Gasteiger charge is -2.43. The molecule has 2 heterocycles. The van der Waals surface area contributed by atoms with Gasteiger partial charge in [0.25, 0.3) is 5.91 Å². The number of carbonyl (C=O) groups excluding carboxylic acids is 1. The van der Waals surface area contributed by atoms with Crippen molar-refractivity contribution in [1.29, 1.82) is 0 Å². The third kappa shape index (κ3) is 2.98. The lowest BCUT2D eigenvalue weighted by atomic mass is 9.86. The average molecular weight is 304 g/mol. The Bertz CT molecular complexity index is 504. The van der Waals surface area contributed by atoms with Crippen molar-refractivity contribution in [1.82, 2.24) is 19.8 Å². The molecule has 0 aromatic carbocycles. The predicted octanol–water partition coefficient (Wildman–Crippen LogP) is 0.926. The van der Waals surface area contributed by atoms with Gasteiger partial charge in [-0.05, 0) is 45.2 Å². The lowest BCUT2D eigenvalue weighted by molar-refractivity contribution is -0.0243. The van der Waals surface area contributed by atoms with Gasteiger partial charge in [0, 0.05) is 25.5 Å². The Morgan fingerprint density at radius 2 is 2.05 bits per heavy atom. The number of nitrogens with zero attached hydrogens (tertiary/aromatic N) is 4. The number of rotatable bonds is 3. The first kappa shape index (κ1) is 15.4. The van der Waals surface area contributed by atoms with Gasteiger partial charge in [-0.2, -0.15) is 0 Å². The van der Waals surface area contributed by atoms with Crippen LogP contribution in [0.2, 0.25) is 0 Å². The van der Waals surface area contributed by atoms with Crippen molar-refractivity contribution in [2.45, 2.75) is 50.3 Å². The van der Waals surface area contributed by atoms with Gasteiger partial charge in [0.15, 0.2) is 0 Å². The van der Waals surface area contributed by atoms with Crippen molar-refractivity contribution in [3.05, 3.63) is 24.3 Å². The van der Waals surface area contributed by atoms with E-state index in [1.807, 2.05) is 0 Å². The van der Waals surface area contributed by atoms with Crippen LogP contribution in [-0.4, -0.2) is 69.1 Å². The van der Waals surface area contributed by atoms with Gasteiger partial charge in [-0.25, -0.2) is 4.98 Å². The molecule has 0 spiro atoms. The van der Waals surface area contributed by atoms with E-state index in [9.17, 15) is 9.90 Å². The standard InChI is InChI=1S/C16H24N4O2/c1-19(16(22)12-11-17-7-8-18-12)13-5-4-6-14(15(13)21)20-9-2-3-10-20/h7-8,11,13-15,21H,2-6,9-10H2,1H3/t13-,14-,15-/m1/s1. The quantitative estimate of drug-likeness (QED) is 0.899. The highest BCUT2D eigenvalue weighted by Gasteiger charge is 2.39. The Kier molecular flexibility index (Phi) is 4.69. The monoisotopic (exact) mass is 304 g/mol. The van der Waals surface area contributed by atoms with Crippen molar-refractivity contribution in [3.63, 3.8) is 0 Å². The van der Waals surface area contributed by atoms with Crippen molar-refractivity contribution >= 4 is 5.91 Å². The molecular formula is C16H24N4O2. The fourth-order valence-corrected chi connectivity index (χ4v) is 3.77. The van der Waals surface area contributed by atoms with Crippen LogP contribution in [0.25, 0.3) is 0 Å². The molecule has 1 saturated carbocycles. The fourth-order valence-electron chi connectivity index (χ4n) is 3.77. The van der Waals surface area contributed by atoms with E-state index in [0.29, 0.717) is 5.69 Å². The third-order valence-electron chi connectivity index (χ3n) is 5.00. The third-order valence-corrected chi connectivity index (χ3v) is 5.00. The smallest absolute Gasteiger partial charge is 0.274 e. The summed E-state index contributed by atoms with van der Waals surface area (Å²) in [4.78, 5) is 24.6. The molecule has 6 heteroatoms. The summed E-state index contributed by atoms with van der Waals surface area (Å²) in [6.07, 6.45) is 9.38. The van der Waals surface area contributed by atoms with Crippen LogP contribution in [0, 0.1) is 0 Å². The highest BCUT2D eigenvalue weighted by atomic mass is 16.3. The number of hydrogen-bond acceptors (Lipinski definition) is 5. The maximum Gasteiger partial charge on any atom is 0.274 e. The van der Waals surface area contributed by atoms with Crippen LogP contribution >= 0.6 is 0 Å². The molecule has 0 unspecified atom stereocenters. The van der Waals surface area contributed by atoms with Crippen LogP contribution in [0.3, 0.4) is 0 Å². The molecule has 1 aliphatic carbocycles. The largest absolute Gasteiger partial charge is 0.389 e. The van der Waals surface area contributed by atoms with E-state index in [1.165, 1.54) is 25.2 Å². The van der Waals surface area contributed by atoms with Gasteiger partial charge in [-0.15, -0.1) is 0 Å². The van der Waals surface area contributed by atoms with Crippen LogP contribution in [-0.2, 0) is 0 Å². The average Bonchev–Trinajstić information content (AvgIpc) is 3.09. The second kappa shape index (κ2) is 6.71. The lowest BCUT2D eigenvalue weighted by Crippen LogP contribution is -2.56. The Morgan fingerprint density at radius 3 is 2.73 bits per heavy atom. The van der Waals surface area contributed by atoms with Crippen LogP contribution in [0.5, 0.6) is 0 Å². The number of likely N-dealkylation sites (tertiary alicyclic amines) is 1. The normalized spacial score (nSPS) is 29.5. The molecule has 1 N–H and O–H groups in total. The zero-order chi connectivity index (χ0) is 15.5. The van der Waals surface area contributed by atoms with Gasteiger partial charge in [0.2, 0.25) is 0 Å². The zero-order valence-electron chi connectivity index (χ0n) is 13.1. The topological polar surface area (TPSA) is 69.6 Å². The summed E-state index contributed by atoms with van der Waals surface area (Å²) in [6, 6.07) is 0.0345. The van der Waals surface area contributed by atoms with Gasteiger partial charge >= 0.3 is 0 Å². The Balaban J connectivity index is 1.71. The van der Waals surface area contributed by atoms with E-state index in [4.69, 9.17) is 0 Å². The molecule has 2 fully saturated rings. The summed E-state index contributed by atoms with van der Waals surface area (Å²) in [5.74, 6) is -0.167. The van der Waals surface area contributed by atoms with Gasteiger partial charge < -0.3 is 10.0 Å². The summed E-state index contributed by atoms with van der Waals surface area (Å²) in [7, 11) is 1.76. The fraction of sp³-hybridized carbons (Fsp3) is 0.688. The molecule has 1 aliphatic heterocycles. The molecule has 3 atom stereocenters. The maximum absolute atomic E-state index is 12.5. The van der Waals surface area contributed by atoms with Crippen LogP contribution in [0.1, 0.15) is 42.6 Å². The van der Waals surface area contributed by atoms with E-state index < -0.39 is 6.10 Å². The summed E-state index contributed by atoms with van der Waals surface area (Å²) < 4.78 is 0. The van der Waals surface area contributed by atoms with Crippen LogP contribution in [0.15, 0.2) is 18.6 Å². The Hall–Kier alpha value is -1.53. The number of aromatic nitrogens is 2. The van der Waals surface area contributed by atoms with E-state index >= 15 is 0 Å². The summed E-state index contributed by atoms with van der Waals surface area (Å²) in [5.41, 5.74) is 0.334. The van der Waals surface area contributed by atoms with Crippen molar-refractivity contribution < 1.29 is 9.90 Å². The van der Waals surface area contributed by atoms with Gasteiger partial charge in [0.05, 0.1) is 18.3 Å². The second-order valence-electron chi connectivity index (χ2n) is 6.31. The molecule has 0 radical (unpaired) electrons. The first-order valence-corrected chi connectivity index (χ1v) is 8.14. The minimum absolute atomic E-state index is 0.145. The van der Waals surface area contributed by atoms with Crippen LogP contribution < -0.4 is 0 Å². The highest BCUT2D eigenvalue weighted by Crippen LogP contribution is 2.29. The molecule has 120 valence electrons. The number of aliphatic hydroxyl groups excluding tert-OH is 1. The zero-order valence-corrected chi connectivity index (χ0v) is 13.1. The predicted molar refractivity (Wildman–Crippen MR) is 82.4 cm³/mol. The molecule has 22 heavy (non-hydrogen) atoms. The first-order valence-electron chi connectivity index (χ1n) is 8.14. The van der Waals surface area contributed by atoms with E-state index in [2.05, 4.69) is 14.9 Å². The molecule has 1 amide bonds. The van der Waals surface area contributed by atoms with Crippen molar-refractivity contribution in [2.75, 3.05) is 20.1 Å². The summed E-state index contributed by atoms with van der Waals surface area (Å²) in [6.45, 7) is 2.13. The van der Waals surface area contributed by atoms with Crippen molar-refractivity contribution in [3.8, 4) is 0 Å². The second-order valence-corrected chi connectivity index (χ2v) is 6.31. The summed E-state index contributed by atoms with van der Waals surface area (Å²) in [5, 5.41) is 10.8. The number of carbonyl (C=O) groups is 1. The van der Waals surface area contributed by atoms with E-state index in [0.717, 1.165) is 32.4 Å². The molecule has 2 aliphatic rings. The Labute approximate surface area is 131 Å². The molecule has 3 rings (SSSR count). The minimum Gasteiger partial charge on any atom is -0.389 e.